The van der Waals surface area contributed by atoms with Gasteiger partial charge in [0.2, 0.25) is 5.95 Å². The summed E-state index contributed by atoms with van der Waals surface area (Å²) >= 11 is 0. The molecule has 1 heterocycles. The number of benzene rings is 1. The lowest BCUT2D eigenvalue weighted by Crippen LogP contribution is -2.20. The topological polar surface area (TPSA) is 43.8 Å². The third-order valence-corrected chi connectivity index (χ3v) is 4.41. The fourth-order valence-electron chi connectivity index (χ4n) is 3.20. The van der Waals surface area contributed by atoms with Gasteiger partial charge in [-0.3, -0.25) is 0 Å². The van der Waals surface area contributed by atoms with Crippen LogP contribution in [0.15, 0.2) is 12.1 Å². The van der Waals surface area contributed by atoms with Crippen molar-refractivity contribution in [3.8, 4) is 0 Å². The molecule has 0 atom stereocenters. The molecule has 4 heteroatoms. The van der Waals surface area contributed by atoms with Gasteiger partial charge in [0.15, 0.2) is 0 Å². The Morgan fingerprint density at radius 1 is 1.37 bits per heavy atom. The van der Waals surface area contributed by atoms with Crippen molar-refractivity contribution < 1.29 is 4.39 Å². The molecule has 1 saturated carbocycles. The molecule has 2 N–H and O–H groups in total. The Morgan fingerprint density at radius 2 is 2.05 bits per heavy atom. The maximum Gasteiger partial charge on any atom is 0.201 e. The summed E-state index contributed by atoms with van der Waals surface area (Å²) in [6.07, 6.45) is 5.03. The fraction of sp³-hybridized carbons (Fsp3) is 0.533. The van der Waals surface area contributed by atoms with Crippen LogP contribution in [0.3, 0.4) is 0 Å². The van der Waals surface area contributed by atoms with E-state index < -0.39 is 0 Å². The Balaban J connectivity index is 2.07. The van der Waals surface area contributed by atoms with Crippen molar-refractivity contribution in [1.82, 2.24) is 9.55 Å². The van der Waals surface area contributed by atoms with Crippen LogP contribution in [0.2, 0.25) is 0 Å². The predicted molar refractivity (Wildman–Crippen MR) is 75.4 cm³/mol. The number of aromatic nitrogens is 2. The summed E-state index contributed by atoms with van der Waals surface area (Å²) in [5, 5.41) is 0. The predicted octanol–water partition coefficient (Wildman–Crippen LogP) is 3.65. The molecule has 0 unspecified atom stereocenters. The normalized spacial score (nSPS) is 18.3. The molecule has 0 saturated heterocycles. The highest BCUT2D eigenvalue weighted by molar-refractivity contribution is 5.79. The second kappa shape index (κ2) is 4.22. The molecule has 3 nitrogen and oxygen atoms in total. The van der Waals surface area contributed by atoms with Crippen molar-refractivity contribution in [2.75, 3.05) is 5.73 Å². The number of hydrogen-bond acceptors (Lipinski definition) is 2. The number of halogens is 1. The Labute approximate surface area is 112 Å². The van der Waals surface area contributed by atoms with Gasteiger partial charge in [-0.05, 0) is 36.8 Å². The molecule has 1 aromatic heterocycles. The summed E-state index contributed by atoms with van der Waals surface area (Å²) in [4.78, 5) is 4.29. The van der Waals surface area contributed by atoms with Gasteiger partial charge in [-0.2, -0.15) is 0 Å². The van der Waals surface area contributed by atoms with Crippen molar-refractivity contribution in [2.45, 2.75) is 46.1 Å². The van der Waals surface area contributed by atoms with E-state index in [2.05, 4.69) is 11.9 Å². The van der Waals surface area contributed by atoms with Gasteiger partial charge in [-0.1, -0.05) is 19.8 Å². The van der Waals surface area contributed by atoms with Crippen LogP contribution in [0.4, 0.5) is 10.3 Å². The summed E-state index contributed by atoms with van der Waals surface area (Å²) in [5.41, 5.74) is 8.56. The number of aryl methyl sites for hydroxylation is 1. The van der Waals surface area contributed by atoms with E-state index in [9.17, 15) is 4.39 Å². The number of anilines is 1. The van der Waals surface area contributed by atoms with Crippen LogP contribution in [0.5, 0.6) is 0 Å². The molecule has 19 heavy (non-hydrogen) atoms. The first kappa shape index (κ1) is 12.5. The number of nitrogens with zero attached hydrogens (tertiary/aromatic N) is 2. The monoisotopic (exact) mass is 261 g/mol. The first-order valence-electron chi connectivity index (χ1n) is 6.90. The lowest BCUT2D eigenvalue weighted by atomic mass is 9.89. The minimum absolute atomic E-state index is 0.218. The summed E-state index contributed by atoms with van der Waals surface area (Å²) in [6.45, 7) is 4.96. The van der Waals surface area contributed by atoms with Crippen molar-refractivity contribution in [3.63, 3.8) is 0 Å². The number of hydrogen-bond donors (Lipinski definition) is 1. The third-order valence-electron chi connectivity index (χ3n) is 4.41. The largest absolute Gasteiger partial charge is 0.369 e. The summed E-state index contributed by atoms with van der Waals surface area (Å²) in [7, 11) is 0. The summed E-state index contributed by atoms with van der Waals surface area (Å²) in [6, 6.07) is 3.33. The van der Waals surface area contributed by atoms with Crippen molar-refractivity contribution in [1.29, 1.82) is 0 Å². The molecular weight excluding hydrogens is 241 g/mol. The third kappa shape index (κ3) is 2.09. The molecule has 1 fully saturated rings. The molecule has 3 rings (SSSR count). The zero-order valence-electron chi connectivity index (χ0n) is 11.5. The Bertz CT molecular complexity index is 624. The smallest absolute Gasteiger partial charge is 0.201 e. The van der Waals surface area contributed by atoms with E-state index in [4.69, 9.17) is 5.73 Å². The minimum atomic E-state index is -0.218. The van der Waals surface area contributed by atoms with Gasteiger partial charge < -0.3 is 10.3 Å². The van der Waals surface area contributed by atoms with Crippen LogP contribution in [-0.2, 0) is 6.54 Å². The Hall–Kier alpha value is -1.58. The summed E-state index contributed by atoms with van der Waals surface area (Å²) < 4.78 is 15.6. The quantitative estimate of drug-likeness (QED) is 0.896. The van der Waals surface area contributed by atoms with Gasteiger partial charge in [-0.25, -0.2) is 9.37 Å². The molecule has 0 bridgehead atoms. The molecule has 0 radical (unpaired) electrons. The van der Waals surface area contributed by atoms with Gasteiger partial charge in [-0.15, -0.1) is 0 Å². The van der Waals surface area contributed by atoms with E-state index in [1.165, 1.54) is 31.7 Å². The summed E-state index contributed by atoms with van der Waals surface area (Å²) in [5.74, 6) is 0.275. The first-order valence-corrected chi connectivity index (χ1v) is 6.90. The van der Waals surface area contributed by atoms with Crippen LogP contribution < -0.4 is 5.73 Å². The fourth-order valence-corrected chi connectivity index (χ4v) is 3.20. The van der Waals surface area contributed by atoms with Crippen LogP contribution in [0, 0.1) is 18.2 Å². The van der Waals surface area contributed by atoms with Crippen molar-refractivity contribution >= 4 is 17.0 Å². The zero-order valence-corrected chi connectivity index (χ0v) is 11.5. The lowest BCUT2D eigenvalue weighted by molar-refractivity contribution is 0.287. The van der Waals surface area contributed by atoms with Crippen LogP contribution in [-0.4, -0.2) is 9.55 Å². The van der Waals surface area contributed by atoms with Crippen molar-refractivity contribution in [2.24, 2.45) is 5.41 Å². The number of nitrogen functional groups attached to an aromatic ring is 1. The van der Waals surface area contributed by atoms with Crippen LogP contribution in [0.1, 0.15) is 38.2 Å². The van der Waals surface area contributed by atoms with Crippen LogP contribution >= 0.6 is 0 Å². The van der Waals surface area contributed by atoms with E-state index in [0.29, 0.717) is 22.4 Å². The van der Waals surface area contributed by atoms with E-state index in [1.54, 1.807) is 6.92 Å². The molecule has 0 spiro atoms. The second-order valence-electron chi connectivity index (χ2n) is 6.16. The van der Waals surface area contributed by atoms with Gasteiger partial charge in [0, 0.05) is 12.6 Å². The molecule has 1 aliphatic rings. The molecule has 0 aliphatic heterocycles. The highest BCUT2D eigenvalue weighted by Gasteiger charge is 2.30. The van der Waals surface area contributed by atoms with E-state index in [1.807, 2.05) is 10.6 Å². The molecule has 1 aliphatic carbocycles. The van der Waals surface area contributed by atoms with E-state index in [-0.39, 0.29) is 5.82 Å². The maximum atomic E-state index is 13.6. The van der Waals surface area contributed by atoms with Gasteiger partial charge in [0.1, 0.15) is 5.82 Å². The molecule has 2 aromatic rings. The second-order valence-corrected chi connectivity index (χ2v) is 6.16. The average molecular weight is 261 g/mol. The van der Waals surface area contributed by atoms with Gasteiger partial charge in [0.25, 0.3) is 0 Å². The van der Waals surface area contributed by atoms with E-state index in [0.717, 1.165) is 12.1 Å². The Kier molecular flexibility index (Phi) is 2.77. The highest BCUT2D eigenvalue weighted by Crippen LogP contribution is 2.40. The first-order chi connectivity index (χ1) is 8.98. The number of fused-ring (bicyclic) bond motifs is 1. The zero-order chi connectivity index (χ0) is 13.6. The number of nitrogens with two attached hydrogens (primary N) is 1. The Morgan fingerprint density at radius 3 is 2.74 bits per heavy atom. The molecule has 102 valence electrons. The van der Waals surface area contributed by atoms with Gasteiger partial charge in [0.05, 0.1) is 11.0 Å². The average Bonchev–Trinajstić information content (AvgIpc) is 2.88. The van der Waals surface area contributed by atoms with Gasteiger partial charge >= 0.3 is 0 Å². The minimum Gasteiger partial charge on any atom is -0.369 e. The standard InChI is InChI=1S/C15H20FN3/c1-10-7-13-12(8-11(10)16)18-14(17)19(13)9-15(2)5-3-4-6-15/h7-8H,3-6,9H2,1-2H3,(H2,17,18). The highest BCUT2D eigenvalue weighted by atomic mass is 19.1. The van der Waals surface area contributed by atoms with Crippen LogP contribution in [0.25, 0.3) is 11.0 Å². The maximum absolute atomic E-state index is 13.6. The lowest BCUT2D eigenvalue weighted by Gasteiger charge is -2.24. The molecular formula is C15H20FN3. The number of imidazole rings is 1. The number of rotatable bonds is 2. The van der Waals surface area contributed by atoms with Crippen molar-refractivity contribution in [3.05, 3.63) is 23.5 Å². The van der Waals surface area contributed by atoms with E-state index >= 15 is 0 Å². The molecule has 0 amide bonds. The SMILES string of the molecule is Cc1cc2c(cc1F)nc(N)n2CC1(C)CCCC1. The molecule has 1 aromatic carbocycles.